The third kappa shape index (κ3) is 3.85. The van der Waals surface area contributed by atoms with Crippen molar-refractivity contribution in [1.29, 1.82) is 0 Å². The number of hydrogen-bond acceptors (Lipinski definition) is 3. The summed E-state index contributed by atoms with van der Waals surface area (Å²) in [6, 6.07) is 5.69. The number of allylic oxidation sites excluding steroid dienone is 2. The number of rotatable bonds is 3. The van der Waals surface area contributed by atoms with Crippen LogP contribution in [0.3, 0.4) is 0 Å². The van der Waals surface area contributed by atoms with Gasteiger partial charge in [-0.1, -0.05) is 19.1 Å². The van der Waals surface area contributed by atoms with Crippen molar-refractivity contribution in [2.45, 2.75) is 20.4 Å². The van der Waals surface area contributed by atoms with Gasteiger partial charge in [0.1, 0.15) is 0 Å². The molecule has 0 radical (unpaired) electrons. The molecule has 3 nitrogen and oxygen atoms in total. The van der Waals surface area contributed by atoms with E-state index in [-0.39, 0.29) is 5.76 Å². The largest absolute Gasteiger partial charge is 0.876 e. The van der Waals surface area contributed by atoms with Gasteiger partial charge in [-0.25, -0.2) is 0 Å². The smallest absolute Gasteiger partial charge is 0.0814 e. The van der Waals surface area contributed by atoms with Crippen molar-refractivity contribution < 1.29 is 5.11 Å². The highest BCUT2D eigenvalue weighted by Crippen LogP contribution is 1.96. The molecule has 3 heteroatoms. The molecule has 0 unspecified atom stereocenters. The highest BCUT2D eigenvalue weighted by Gasteiger charge is 1.89. The number of nitrogens with zero attached hydrogens (tertiary/aromatic N) is 2. The molecule has 1 rings (SSSR count). The van der Waals surface area contributed by atoms with Crippen LogP contribution in [-0.2, 0) is 6.54 Å². The third-order valence-corrected chi connectivity index (χ3v) is 1.63. The van der Waals surface area contributed by atoms with Crippen LogP contribution in [0.25, 0.3) is 0 Å². The van der Waals surface area contributed by atoms with Crippen molar-refractivity contribution in [3.05, 3.63) is 41.9 Å². The first-order valence-electron chi connectivity index (χ1n) is 4.45. The molecule has 0 N–H and O–H groups in total. The van der Waals surface area contributed by atoms with Crippen LogP contribution in [0.2, 0.25) is 0 Å². The molecule has 14 heavy (non-hydrogen) atoms. The summed E-state index contributed by atoms with van der Waals surface area (Å²) in [6.07, 6.45) is 3.25. The normalized spacial score (nSPS) is 13.0. The molecule has 0 amide bonds. The summed E-state index contributed by atoms with van der Waals surface area (Å²) in [5, 5.41) is 10.7. The van der Waals surface area contributed by atoms with Gasteiger partial charge in [-0.05, 0) is 19.1 Å². The zero-order valence-electron chi connectivity index (χ0n) is 8.40. The first-order valence-corrected chi connectivity index (χ1v) is 4.45. The zero-order valence-corrected chi connectivity index (χ0v) is 8.40. The van der Waals surface area contributed by atoms with Crippen LogP contribution in [-0.4, -0.2) is 10.7 Å². The summed E-state index contributed by atoms with van der Waals surface area (Å²) in [7, 11) is 0. The van der Waals surface area contributed by atoms with E-state index in [2.05, 4.69) is 9.98 Å². The third-order valence-electron chi connectivity index (χ3n) is 1.63. The zero-order chi connectivity index (χ0) is 10.4. The molecule has 0 fully saturated rings. The van der Waals surface area contributed by atoms with Crippen molar-refractivity contribution in [3.8, 4) is 0 Å². The first-order chi connectivity index (χ1) is 6.68. The monoisotopic (exact) mass is 189 g/mol. The Morgan fingerprint density at radius 2 is 2.29 bits per heavy atom. The Morgan fingerprint density at radius 1 is 1.50 bits per heavy atom. The van der Waals surface area contributed by atoms with E-state index in [0.29, 0.717) is 6.54 Å². The fourth-order valence-electron chi connectivity index (χ4n) is 1.04. The average Bonchev–Trinajstić information content (AvgIpc) is 2.15. The maximum absolute atomic E-state index is 10.7. The Labute approximate surface area is 83.8 Å². The highest BCUT2D eigenvalue weighted by molar-refractivity contribution is 5.92. The molecule has 0 saturated carbocycles. The molecule has 1 heterocycles. The summed E-state index contributed by atoms with van der Waals surface area (Å²) in [5.41, 5.74) is 1.65. The van der Waals surface area contributed by atoms with E-state index >= 15 is 0 Å². The van der Waals surface area contributed by atoms with Crippen molar-refractivity contribution in [3.63, 3.8) is 0 Å². The molecular weight excluding hydrogens is 176 g/mol. The summed E-state index contributed by atoms with van der Waals surface area (Å²) >= 11 is 0. The van der Waals surface area contributed by atoms with E-state index in [1.807, 2.05) is 25.1 Å². The van der Waals surface area contributed by atoms with E-state index in [0.717, 1.165) is 11.4 Å². The average molecular weight is 189 g/mol. The second-order valence-electron chi connectivity index (χ2n) is 3.03. The Kier molecular flexibility index (Phi) is 3.85. The van der Waals surface area contributed by atoms with Gasteiger partial charge in [-0.3, -0.25) is 9.98 Å². The van der Waals surface area contributed by atoms with Gasteiger partial charge in [-0.2, -0.15) is 0 Å². The maximum atomic E-state index is 10.7. The van der Waals surface area contributed by atoms with Crippen LogP contribution in [0.4, 0.5) is 0 Å². The Balaban J connectivity index is 2.60. The summed E-state index contributed by atoms with van der Waals surface area (Å²) < 4.78 is 0. The van der Waals surface area contributed by atoms with Crippen LogP contribution in [0.5, 0.6) is 0 Å². The first kappa shape index (κ1) is 10.4. The van der Waals surface area contributed by atoms with Gasteiger partial charge in [0.05, 0.1) is 12.2 Å². The van der Waals surface area contributed by atoms with E-state index in [9.17, 15) is 5.11 Å². The molecule has 0 aliphatic carbocycles. The number of aromatic nitrogens is 1. The number of pyridine rings is 1. The van der Waals surface area contributed by atoms with E-state index in [4.69, 9.17) is 0 Å². The van der Waals surface area contributed by atoms with Crippen molar-refractivity contribution >= 4 is 5.71 Å². The van der Waals surface area contributed by atoms with E-state index in [1.165, 1.54) is 13.0 Å². The Morgan fingerprint density at radius 3 is 2.86 bits per heavy atom. The maximum Gasteiger partial charge on any atom is 0.0814 e. The second-order valence-corrected chi connectivity index (χ2v) is 3.03. The molecule has 1 aromatic heterocycles. The quantitative estimate of drug-likeness (QED) is 0.531. The van der Waals surface area contributed by atoms with Crippen LogP contribution in [0, 0.1) is 0 Å². The van der Waals surface area contributed by atoms with Gasteiger partial charge < -0.3 is 5.11 Å². The minimum Gasteiger partial charge on any atom is -0.876 e. The number of aliphatic imine (C=N–C) groups is 1. The van der Waals surface area contributed by atoms with Gasteiger partial charge in [0.25, 0.3) is 0 Å². The van der Waals surface area contributed by atoms with Gasteiger partial charge in [0, 0.05) is 11.9 Å². The lowest BCUT2D eigenvalue weighted by Gasteiger charge is -2.02. The lowest BCUT2D eigenvalue weighted by atomic mass is 10.3. The molecule has 0 aromatic carbocycles. The molecule has 0 saturated heterocycles. The van der Waals surface area contributed by atoms with E-state index < -0.39 is 0 Å². The Hall–Kier alpha value is -1.64. The summed E-state index contributed by atoms with van der Waals surface area (Å²) in [4.78, 5) is 8.34. The lowest BCUT2D eigenvalue weighted by molar-refractivity contribution is -0.301. The number of hydrogen-bond donors (Lipinski definition) is 0. The minimum atomic E-state index is 0.0206. The Bertz CT molecular complexity index is 338. The van der Waals surface area contributed by atoms with Gasteiger partial charge in [0.15, 0.2) is 0 Å². The summed E-state index contributed by atoms with van der Waals surface area (Å²) in [6.45, 7) is 3.85. The molecule has 0 aliphatic rings. The van der Waals surface area contributed by atoms with Crippen LogP contribution >= 0.6 is 0 Å². The predicted octanol–water partition coefficient (Wildman–Crippen LogP) is 1.31. The van der Waals surface area contributed by atoms with Crippen molar-refractivity contribution in [2.24, 2.45) is 4.99 Å². The van der Waals surface area contributed by atoms with Gasteiger partial charge in [-0.15, -0.1) is 5.76 Å². The lowest BCUT2D eigenvalue weighted by Crippen LogP contribution is -2.01. The van der Waals surface area contributed by atoms with Crippen LogP contribution in [0.15, 0.2) is 41.2 Å². The molecule has 0 bridgehead atoms. The van der Waals surface area contributed by atoms with Crippen molar-refractivity contribution in [2.75, 3.05) is 0 Å². The van der Waals surface area contributed by atoms with Crippen LogP contribution < -0.4 is 5.11 Å². The molecular formula is C11H13N2O-. The standard InChI is InChI=1S/C11H14N2O/c1-9(7-10(2)14)13-8-11-5-3-4-6-12-11/h3-7,14H,8H2,1-2H3/p-1/b10-7+,13-9?. The molecule has 0 aliphatic heterocycles. The van der Waals surface area contributed by atoms with Gasteiger partial charge in [0.2, 0.25) is 0 Å². The second kappa shape index (κ2) is 5.17. The van der Waals surface area contributed by atoms with Gasteiger partial charge >= 0.3 is 0 Å². The highest BCUT2D eigenvalue weighted by atomic mass is 16.3. The summed E-state index contributed by atoms with van der Waals surface area (Å²) in [5.74, 6) is 0.0206. The SMILES string of the molecule is CC(/C=C(\C)[O-])=NCc1ccccn1. The van der Waals surface area contributed by atoms with E-state index in [1.54, 1.807) is 6.20 Å². The molecule has 74 valence electrons. The minimum absolute atomic E-state index is 0.0206. The molecule has 1 aromatic rings. The predicted molar refractivity (Wildman–Crippen MR) is 54.8 cm³/mol. The molecule has 0 spiro atoms. The topological polar surface area (TPSA) is 48.3 Å². The van der Waals surface area contributed by atoms with Crippen molar-refractivity contribution in [1.82, 2.24) is 4.98 Å². The fourth-order valence-corrected chi connectivity index (χ4v) is 1.04. The van der Waals surface area contributed by atoms with Crippen LogP contribution in [0.1, 0.15) is 19.5 Å². The molecule has 0 atom stereocenters. The fraction of sp³-hybridized carbons (Fsp3) is 0.273.